The maximum Gasteiger partial charge on any atom is 0.338 e. The van der Waals surface area contributed by atoms with Gasteiger partial charge in [0.1, 0.15) is 6.67 Å². The molecule has 1 N–H and O–H groups in total. The van der Waals surface area contributed by atoms with Crippen LogP contribution in [0.2, 0.25) is 20.1 Å². The molecular weight excluding hydrogens is 396 g/mol. The molecule has 1 aliphatic rings. The van der Waals surface area contributed by atoms with Gasteiger partial charge in [-0.1, -0.05) is 46.4 Å². The zero-order valence-electron chi connectivity index (χ0n) is 11.9. The van der Waals surface area contributed by atoms with E-state index in [9.17, 15) is 9.59 Å². The van der Waals surface area contributed by atoms with Crippen LogP contribution in [0.25, 0.3) is 0 Å². The summed E-state index contributed by atoms with van der Waals surface area (Å²) in [5, 5.41) is 3.86. The fourth-order valence-electron chi connectivity index (χ4n) is 2.21. The highest BCUT2D eigenvalue weighted by atomic mass is 35.5. The monoisotopic (exact) mass is 403 g/mol. The second-order valence-electron chi connectivity index (χ2n) is 4.88. The van der Waals surface area contributed by atoms with Crippen molar-refractivity contribution in [2.75, 3.05) is 16.5 Å². The van der Waals surface area contributed by atoms with Crippen LogP contribution in [0.4, 0.5) is 21.0 Å². The van der Waals surface area contributed by atoms with Crippen molar-refractivity contribution < 1.29 is 9.59 Å². The number of amides is 4. The van der Waals surface area contributed by atoms with Gasteiger partial charge in [0, 0.05) is 5.69 Å². The van der Waals surface area contributed by atoms with Crippen LogP contribution in [-0.2, 0) is 0 Å². The molecular formula is C15H9Cl4N3O2. The molecule has 124 valence electrons. The Bertz CT molecular complexity index is 843. The molecule has 1 fully saturated rings. The topological polar surface area (TPSA) is 52.7 Å². The van der Waals surface area contributed by atoms with Gasteiger partial charge < -0.3 is 5.32 Å². The van der Waals surface area contributed by atoms with Gasteiger partial charge in [-0.25, -0.2) is 14.5 Å². The van der Waals surface area contributed by atoms with E-state index in [0.29, 0.717) is 26.4 Å². The van der Waals surface area contributed by atoms with Gasteiger partial charge in [0.2, 0.25) is 0 Å². The molecule has 0 aromatic heterocycles. The summed E-state index contributed by atoms with van der Waals surface area (Å²) in [6.07, 6.45) is 0. The lowest BCUT2D eigenvalue weighted by Crippen LogP contribution is -2.60. The van der Waals surface area contributed by atoms with Gasteiger partial charge in [0.15, 0.2) is 0 Å². The molecule has 0 bridgehead atoms. The lowest BCUT2D eigenvalue weighted by molar-refractivity contribution is 0.231. The minimum absolute atomic E-state index is 0.00739. The predicted octanol–water partition coefficient (Wildman–Crippen LogP) is 5.41. The lowest BCUT2D eigenvalue weighted by Gasteiger charge is -2.34. The third-order valence-electron chi connectivity index (χ3n) is 3.39. The van der Waals surface area contributed by atoms with E-state index in [1.54, 1.807) is 18.2 Å². The van der Waals surface area contributed by atoms with E-state index >= 15 is 0 Å². The van der Waals surface area contributed by atoms with Crippen LogP contribution in [0.15, 0.2) is 36.4 Å². The Hall–Kier alpha value is -1.66. The minimum atomic E-state index is -0.560. The number of halogens is 4. The third-order valence-corrected chi connectivity index (χ3v) is 4.87. The van der Waals surface area contributed by atoms with E-state index in [0.717, 1.165) is 4.90 Å². The summed E-state index contributed by atoms with van der Waals surface area (Å²) < 4.78 is 0. The predicted molar refractivity (Wildman–Crippen MR) is 96.7 cm³/mol. The molecule has 2 aromatic rings. The fourth-order valence-corrected chi connectivity index (χ4v) is 2.79. The van der Waals surface area contributed by atoms with Crippen molar-refractivity contribution in [2.45, 2.75) is 0 Å². The standard InChI is InChI=1S/C15H9Cl4N3O2/c16-10-3-1-8(5-12(10)18)21-7-20-14(23)22(15(21)24)9-2-4-11(17)13(19)6-9/h1-6H,7H2,(H,20,23). The summed E-state index contributed by atoms with van der Waals surface area (Å²) >= 11 is 23.7. The van der Waals surface area contributed by atoms with Crippen LogP contribution in [0.1, 0.15) is 0 Å². The van der Waals surface area contributed by atoms with Gasteiger partial charge in [0.25, 0.3) is 0 Å². The zero-order chi connectivity index (χ0) is 17.4. The van der Waals surface area contributed by atoms with E-state index in [2.05, 4.69) is 5.32 Å². The molecule has 24 heavy (non-hydrogen) atoms. The number of carbonyl (C=O) groups is 2. The first kappa shape index (κ1) is 17.2. The van der Waals surface area contributed by atoms with E-state index in [-0.39, 0.29) is 11.7 Å². The first-order valence-electron chi connectivity index (χ1n) is 6.68. The average Bonchev–Trinajstić information content (AvgIpc) is 2.54. The van der Waals surface area contributed by atoms with Crippen molar-refractivity contribution in [1.82, 2.24) is 5.32 Å². The summed E-state index contributed by atoms with van der Waals surface area (Å²) in [5.41, 5.74) is 0.802. The summed E-state index contributed by atoms with van der Waals surface area (Å²) in [4.78, 5) is 27.2. The van der Waals surface area contributed by atoms with Crippen molar-refractivity contribution in [3.05, 3.63) is 56.5 Å². The van der Waals surface area contributed by atoms with Gasteiger partial charge in [-0.2, -0.15) is 0 Å². The third kappa shape index (κ3) is 3.13. The summed E-state index contributed by atoms with van der Waals surface area (Å²) in [7, 11) is 0. The quantitative estimate of drug-likeness (QED) is 0.726. The highest BCUT2D eigenvalue weighted by Gasteiger charge is 2.34. The Morgan fingerprint density at radius 3 is 1.92 bits per heavy atom. The van der Waals surface area contributed by atoms with Crippen molar-refractivity contribution in [3.63, 3.8) is 0 Å². The zero-order valence-corrected chi connectivity index (χ0v) is 14.9. The van der Waals surface area contributed by atoms with E-state index in [1.165, 1.54) is 23.1 Å². The maximum atomic E-state index is 12.8. The molecule has 9 heteroatoms. The smallest absolute Gasteiger partial charge is 0.319 e. The molecule has 4 amide bonds. The summed E-state index contributed by atoms with van der Waals surface area (Å²) in [5.74, 6) is 0. The number of urea groups is 2. The minimum Gasteiger partial charge on any atom is -0.319 e. The number of carbonyl (C=O) groups excluding carboxylic acids is 2. The molecule has 0 saturated carbocycles. The Balaban J connectivity index is 1.98. The van der Waals surface area contributed by atoms with E-state index < -0.39 is 12.1 Å². The summed E-state index contributed by atoms with van der Waals surface area (Å²) in [6.45, 7) is 0.00739. The number of hydrogen-bond acceptors (Lipinski definition) is 2. The van der Waals surface area contributed by atoms with Crippen LogP contribution >= 0.6 is 46.4 Å². The first-order chi connectivity index (χ1) is 11.4. The number of nitrogens with zero attached hydrogens (tertiary/aromatic N) is 2. The molecule has 0 aliphatic carbocycles. The first-order valence-corrected chi connectivity index (χ1v) is 8.19. The van der Waals surface area contributed by atoms with Gasteiger partial charge in [0.05, 0.1) is 25.8 Å². The molecule has 0 spiro atoms. The molecule has 1 aliphatic heterocycles. The highest BCUT2D eigenvalue weighted by molar-refractivity contribution is 6.43. The van der Waals surface area contributed by atoms with Gasteiger partial charge in [-0.15, -0.1) is 0 Å². The Labute approximate surface area is 157 Å². The van der Waals surface area contributed by atoms with E-state index in [1.807, 2.05) is 0 Å². The highest BCUT2D eigenvalue weighted by Crippen LogP contribution is 2.31. The molecule has 5 nitrogen and oxygen atoms in total. The number of hydrogen-bond donors (Lipinski definition) is 1. The molecule has 3 rings (SSSR count). The van der Waals surface area contributed by atoms with Crippen LogP contribution in [0, 0.1) is 0 Å². The summed E-state index contributed by atoms with van der Waals surface area (Å²) in [6, 6.07) is 8.14. The van der Waals surface area contributed by atoms with Crippen LogP contribution in [0.3, 0.4) is 0 Å². The van der Waals surface area contributed by atoms with E-state index in [4.69, 9.17) is 46.4 Å². The van der Waals surface area contributed by atoms with Gasteiger partial charge in [-0.05, 0) is 36.4 Å². The average molecular weight is 405 g/mol. The van der Waals surface area contributed by atoms with Gasteiger partial charge >= 0.3 is 12.1 Å². The molecule has 0 atom stereocenters. The van der Waals surface area contributed by atoms with Crippen LogP contribution in [0.5, 0.6) is 0 Å². The molecule has 2 aromatic carbocycles. The number of imide groups is 1. The van der Waals surface area contributed by atoms with Crippen molar-refractivity contribution in [2.24, 2.45) is 0 Å². The lowest BCUT2D eigenvalue weighted by atomic mass is 10.2. The van der Waals surface area contributed by atoms with Crippen LogP contribution < -0.4 is 15.1 Å². The van der Waals surface area contributed by atoms with Crippen molar-refractivity contribution in [3.8, 4) is 0 Å². The Kier molecular flexibility index (Phi) is 4.78. The Morgan fingerprint density at radius 1 is 0.792 bits per heavy atom. The fraction of sp³-hybridized carbons (Fsp3) is 0.0667. The number of anilines is 2. The van der Waals surface area contributed by atoms with Crippen molar-refractivity contribution in [1.29, 1.82) is 0 Å². The van der Waals surface area contributed by atoms with Crippen molar-refractivity contribution >= 4 is 69.8 Å². The SMILES string of the molecule is O=C1NCN(c2ccc(Cl)c(Cl)c2)C(=O)N1c1ccc(Cl)c(Cl)c1. The number of nitrogens with one attached hydrogen (secondary N) is 1. The Morgan fingerprint density at radius 2 is 1.33 bits per heavy atom. The second kappa shape index (κ2) is 6.69. The molecule has 1 saturated heterocycles. The largest absolute Gasteiger partial charge is 0.338 e. The number of rotatable bonds is 2. The maximum absolute atomic E-state index is 12.8. The number of benzene rings is 2. The van der Waals surface area contributed by atoms with Crippen LogP contribution in [-0.4, -0.2) is 18.7 Å². The molecule has 1 heterocycles. The molecule has 0 radical (unpaired) electrons. The van der Waals surface area contributed by atoms with Gasteiger partial charge in [-0.3, -0.25) is 4.90 Å². The second-order valence-corrected chi connectivity index (χ2v) is 6.51. The molecule has 0 unspecified atom stereocenters. The normalized spacial score (nSPS) is 14.8.